The third-order valence-corrected chi connectivity index (χ3v) is 4.74. The molecule has 6 heteroatoms. The highest BCUT2D eigenvalue weighted by atomic mass is 32.1. The first-order chi connectivity index (χ1) is 9.76. The first-order valence-corrected chi connectivity index (χ1v) is 7.97. The Kier molecular flexibility index (Phi) is 4.14. The highest BCUT2D eigenvalue weighted by Crippen LogP contribution is 2.18. The summed E-state index contributed by atoms with van der Waals surface area (Å²) in [6.45, 7) is 3.96. The molecule has 0 radical (unpaired) electrons. The number of nitrogens with one attached hydrogen (secondary N) is 2. The molecule has 1 fully saturated rings. The Morgan fingerprint density at radius 3 is 3.35 bits per heavy atom. The number of rotatable bonds is 4. The van der Waals surface area contributed by atoms with Gasteiger partial charge in [-0.1, -0.05) is 0 Å². The summed E-state index contributed by atoms with van der Waals surface area (Å²) in [4.78, 5) is 21.8. The van der Waals surface area contributed by atoms with E-state index in [1.54, 1.807) is 0 Å². The Morgan fingerprint density at radius 2 is 2.50 bits per heavy atom. The molecule has 0 aliphatic carbocycles. The van der Waals surface area contributed by atoms with Crippen molar-refractivity contribution in [1.82, 2.24) is 20.2 Å². The van der Waals surface area contributed by atoms with Gasteiger partial charge in [0, 0.05) is 6.54 Å². The van der Waals surface area contributed by atoms with E-state index in [2.05, 4.69) is 20.2 Å². The molecule has 0 aromatic carbocycles. The van der Waals surface area contributed by atoms with E-state index in [-0.39, 0.29) is 5.56 Å². The maximum atomic E-state index is 12.0. The van der Waals surface area contributed by atoms with Gasteiger partial charge in [0.1, 0.15) is 10.5 Å². The quantitative estimate of drug-likeness (QED) is 0.894. The number of likely N-dealkylation sites (tertiary alicyclic amines) is 1. The molecule has 1 aliphatic rings. The number of thiophene rings is 1. The van der Waals surface area contributed by atoms with Crippen molar-refractivity contribution in [3.63, 3.8) is 0 Å². The Labute approximate surface area is 122 Å². The van der Waals surface area contributed by atoms with Crippen LogP contribution < -0.4 is 10.9 Å². The van der Waals surface area contributed by atoms with E-state index < -0.39 is 0 Å². The van der Waals surface area contributed by atoms with Gasteiger partial charge in [-0.3, -0.25) is 9.69 Å². The summed E-state index contributed by atoms with van der Waals surface area (Å²) in [6, 6.07) is 1.92. The summed E-state index contributed by atoms with van der Waals surface area (Å²) in [5.74, 6) is 1.48. The van der Waals surface area contributed by atoms with Crippen molar-refractivity contribution in [3.05, 3.63) is 27.6 Å². The minimum atomic E-state index is -0.0104. The van der Waals surface area contributed by atoms with E-state index in [1.165, 1.54) is 24.2 Å². The van der Waals surface area contributed by atoms with E-state index in [9.17, 15) is 4.79 Å². The smallest absolute Gasteiger partial charge is 0.268 e. The van der Waals surface area contributed by atoms with Crippen LogP contribution in [0, 0.1) is 5.92 Å². The second-order valence-electron chi connectivity index (χ2n) is 5.45. The topological polar surface area (TPSA) is 61.0 Å². The summed E-state index contributed by atoms with van der Waals surface area (Å²) in [5, 5.41) is 5.17. The van der Waals surface area contributed by atoms with E-state index in [0.29, 0.717) is 5.92 Å². The number of hydrogen-bond donors (Lipinski definition) is 2. The minimum absolute atomic E-state index is 0.0104. The molecule has 1 atom stereocenters. The minimum Gasteiger partial charge on any atom is -0.319 e. The molecular formula is C14H20N4OS. The van der Waals surface area contributed by atoms with Gasteiger partial charge in [0.15, 0.2) is 0 Å². The summed E-state index contributed by atoms with van der Waals surface area (Å²) in [6.07, 6.45) is 2.50. The van der Waals surface area contributed by atoms with Crippen LogP contribution in [-0.4, -0.2) is 41.5 Å². The van der Waals surface area contributed by atoms with E-state index in [4.69, 9.17) is 0 Å². The second kappa shape index (κ2) is 6.03. The highest BCUT2D eigenvalue weighted by Gasteiger charge is 2.20. The fourth-order valence-corrected chi connectivity index (χ4v) is 3.68. The van der Waals surface area contributed by atoms with Crippen molar-refractivity contribution >= 4 is 21.6 Å². The molecular weight excluding hydrogens is 272 g/mol. The van der Waals surface area contributed by atoms with Crippen LogP contribution in [0.4, 0.5) is 0 Å². The molecule has 0 spiro atoms. The maximum Gasteiger partial charge on any atom is 0.268 e. The molecule has 108 valence electrons. The van der Waals surface area contributed by atoms with Crippen molar-refractivity contribution in [2.75, 3.05) is 26.7 Å². The van der Waals surface area contributed by atoms with Crippen LogP contribution in [0.3, 0.4) is 0 Å². The molecule has 1 unspecified atom stereocenters. The lowest BCUT2D eigenvalue weighted by Gasteiger charge is -2.32. The summed E-state index contributed by atoms with van der Waals surface area (Å²) >= 11 is 1.45. The maximum absolute atomic E-state index is 12.0. The molecule has 20 heavy (non-hydrogen) atoms. The molecule has 2 aromatic rings. The zero-order valence-corrected chi connectivity index (χ0v) is 12.5. The fraction of sp³-hybridized carbons (Fsp3) is 0.571. The first-order valence-electron chi connectivity index (χ1n) is 7.09. The van der Waals surface area contributed by atoms with Crippen LogP contribution in [0.15, 0.2) is 16.2 Å². The van der Waals surface area contributed by atoms with Crippen molar-refractivity contribution in [2.24, 2.45) is 5.92 Å². The monoisotopic (exact) mass is 292 g/mol. The molecule has 0 amide bonds. The van der Waals surface area contributed by atoms with Gasteiger partial charge in [0.25, 0.3) is 5.56 Å². The third kappa shape index (κ3) is 2.92. The Balaban J connectivity index is 1.73. The molecule has 5 nitrogen and oxygen atoms in total. The Bertz CT molecular complexity index is 633. The standard InChI is InChI=1S/C14H20N4OS/c1-15-7-10-3-2-5-18(8-10)9-12-16-11-4-6-20-13(11)14(19)17-12/h4,6,10,15H,2-3,5,7-9H2,1H3,(H,16,17,19). The lowest BCUT2D eigenvalue weighted by molar-refractivity contribution is 0.163. The zero-order valence-electron chi connectivity index (χ0n) is 11.7. The largest absolute Gasteiger partial charge is 0.319 e. The first kappa shape index (κ1) is 13.7. The lowest BCUT2D eigenvalue weighted by Crippen LogP contribution is -2.39. The number of fused-ring (bicyclic) bond motifs is 1. The molecule has 3 heterocycles. The van der Waals surface area contributed by atoms with Gasteiger partial charge >= 0.3 is 0 Å². The van der Waals surface area contributed by atoms with Crippen LogP contribution >= 0.6 is 11.3 Å². The SMILES string of the molecule is CNCC1CCCN(Cc2nc3ccsc3c(=O)[nH]2)C1. The van der Waals surface area contributed by atoms with Gasteiger partial charge in [-0.25, -0.2) is 4.98 Å². The van der Waals surface area contributed by atoms with Crippen LogP contribution in [0.25, 0.3) is 10.2 Å². The number of H-pyrrole nitrogens is 1. The van der Waals surface area contributed by atoms with Crippen LogP contribution in [0.2, 0.25) is 0 Å². The molecule has 2 aromatic heterocycles. The van der Waals surface area contributed by atoms with Gasteiger partial charge in [-0.2, -0.15) is 0 Å². The molecule has 1 aliphatic heterocycles. The highest BCUT2D eigenvalue weighted by molar-refractivity contribution is 7.17. The van der Waals surface area contributed by atoms with Gasteiger partial charge < -0.3 is 10.3 Å². The summed E-state index contributed by atoms with van der Waals surface area (Å²) in [7, 11) is 2.00. The predicted molar refractivity (Wildman–Crippen MR) is 82.2 cm³/mol. The number of piperidine rings is 1. The van der Waals surface area contributed by atoms with Crippen molar-refractivity contribution in [1.29, 1.82) is 0 Å². The zero-order chi connectivity index (χ0) is 13.9. The number of nitrogens with zero attached hydrogens (tertiary/aromatic N) is 2. The average Bonchev–Trinajstić information content (AvgIpc) is 2.88. The van der Waals surface area contributed by atoms with Gasteiger partial charge in [0.05, 0.1) is 12.1 Å². The number of aromatic nitrogens is 2. The van der Waals surface area contributed by atoms with Crippen molar-refractivity contribution in [2.45, 2.75) is 19.4 Å². The predicted octanol–water partition coefficient (Wildman–Crippen LogP) is 1.42. The summed E-state index contributed by atoms with van der Waals surface area (Å²) < 4.78 is 0.723. The number of aromatic amines is 1. The number of hydrogen-bond acceptors (Lipinski definition) is 5. The van der Waals surface area contributed by atoms with Gasteiger partial charge in [0.2, 0.25) is 0 Å². The van der Waals surface area contributed by atoms with E-state index in [1.807, 2.05) is 18.5 Å². The van der Waals surface area contributed by atoms with Crippen molar-refractivity contribution < 1.29 is 0 Å². The van der Waals surface area contributed by atoms with Crippen LogP contribution in [0.1, 0.15) is 18.7 Å². The fourth-order valence-electron chi connectivity index (χ4n) is 2.96. The second-order valence-corrected chi connectivity index (χ2v) is 6.36. The molecule has 2 N–H and O–H groups in total. The molecule has 3 rings (SSSR count). The average molecular weight is 292 g/mol. The van der Waals surface area contributed by atoms with Gasteiger partial charge in [-0.05, 0) is 50.3 Å². The normalized spacial score (nSPS) is 20.6. The van der Waals surface area contributed by atoms with Gasteiger partial charge in [-0.15, -0.1) is 11.3 Å². The van der Waals surface area contributed by atoms with E-state index >= 15 is 0 Å². The van der Waals surface area contributed by atoms with E-state index in [0.717, 1.165) is 42.2 Å². The molecule has 1 saturated heterocycles. The Hall–Kier alpha value is -1.24. The Morgan fingerprint density at radius 1 is 1.60 bits per heavy atom. The van der Waals surface area contributed by atoms with Crippen LogP contribution in [0.5, 0.6) is 0 Å². The molecule has 0 saturated carbocycles. The summed E-state index contributed by atoms with van der Waals surface area (Å²) in [5.41, 5.74) is 0.807. The third-order valence-electron chi connectivity index (χ3n) is 3.83. The molecule has 0 bridgehead atoms. The lowest BCUT2D eigenvalue weighted by atomic mass is 9.98. The van der Waals surface area contributed by atoms with Crippen molar-refractivity contribution in [3.8, 4) is 0 Å². The van der Waals surface area contributed by atoms with Crippen LogP contribution in [-0.2, 0) is 6.54 Å².